The molecule has 1 atom stereocenters. The fraction of sp³-hybridized carbons (Fsp3) is 0.364. The van der Waals surface area contributed by atoms with E-state index < -0.39 is 6.04 Å². The number of nitrogens with zero attached hydrogens (tertiary/aromatic N) is 2. The number of benzene rings is 2. The van der Waals surface area contributed by atoms with Gasteiger partial charge in [-0.3, -0.25) is 4.79 Å². The number of hydrogen-bond donors (Lipinski definition) is 1. The number of amides is 3. The lowest BCUT2D eigenvalue weighted by atomic mass is 10.1. The van der Waals surface area contributed by atoms with Gasteiger partial charge < -0.3 is 15.1 Å². The number of carbonyl (C=O) groups is 2. The maximum absolute atomic E-state index is 13.2. The van der Waals surface area contributed by atoms with Crippen molar-refractivity contribution in [2.45, 2.75) is 44.4 Å². The van der Waals surface area contributed by atoms with Crippen molar-refractivity contribution in [1.29, 1.82) is 0 Å². The van der Waals surface area contributed by atoms with Crippen molar-refractivity contribution in [1.82, 2.24) is 15.1 Å². The van der Waals surface area contributed by atoms with E-state index in [0.717, 1.165) is 24.0 Å². The predicted octanol–water partition coefficient (Wildman–Crippen LogP) is 3.30. The van der Waals surface area contributed by atoms with Gasteiger partial charge in [0, 0.05) is 25.7 Å². The van der Waals surface area contributed by atoms with E-state index in [0.29, 0.717) is 32.1 Å². The summed E-state index contributed by atoms with van der Waals surface area (Å²) < 4.78 is 13.2. The van der Waals surface area contributed by atoms with E-state index in [9.17, 15) is 14.0 Å². The molecule has 1 aliphatic heterocycles. The number of nitrogens with one attached hydrogen (secondary N) is 1. The molecule has 1 saturated carbocycles. The van der Waals surface area contributed by atoms with Crippen LogP contribution in [-0.2, 0) is 17.9 Å². The van der Waals surface area contributed by atoms with E-state index in [1.807, 2.05) is 35.2 Å². The molecule has 0 spiro atoms. The third kappa shape index (κ3) is 4.32. The van der Waals surface area contributed by atoms with E-state index >= 15 is 0 Å². The van der Waals surface area contributed by atoms with Crippen molar-refractivity contribution in [3.63, 3.8) is 0 Å². The molecule has 4 rings (SSSR count). The summed E-state index contributed by atoms with van der Waals surface area (Å²) in [6, 6.07) is 15.5. The summed E-state index contributed by atoms with van der Waals surface area (Å²) in [5, 5.41) is 2.91. The fourth-order valence-electron chi connectivity index (χ4n) is 3.64. The van der Waals surface area contributed by atoms with Gasteiger partial charge in [0.15, 0.2) is 0 Å². The zero-order valence-corrected chi connectivity index (χ0v) is 15.7. The highest BCUT2D eigenvalue weighted by molar-refractivity contribution is 5.89. The highest BCUT2D eigenvalue weighted by Crippen LogP contribution is 2.30. The third-order valence-electron chi connectivity index (χ3n) is 5.32. The summed E-state index contributed by atoms with van der Waals surface area (Å²) in [4.78, 5) is 29.1. The van der Waals surface area contributed by atoms with Crippen molar-refractivity contribution < 1.29 is 14.0 Å². The molecule has 2 aliphatic rings. The van der Waals surface area contributed by atoms with Crippen LogP contribution in [0.25, 0.3) is 0 Å². The molecule has 0 radical (unpaired) electrons. The average molecular weight is 381 g/mol. The van der Waals surface area contributed by atoms with Crippen molar-refractivity contribution in [2.75, 3.05) is 6.54 Å². The normalized spacial score (nSPS) is 19.0. The Labute approximate surface area is 164 Å². The second-order valence-electron chi connectivity index (χ2n) is 7.52. The molecule has 2 fully saturated rings. The molecular formula is C22H24FN3O2. The van der Waals surface area contributed by atoms with E-state index in [-0.39, 0.29) is 17.8 Å². The lowest BCUT2D eigenvalue weighted by Gasteiger charge is -2.25. The first-order valence-corrected chi connectivity index (χ1v) is 9.74. The summed E-state index contributed by atoms with van der Waals surface area (Å²) in [6.45, 7) is 1.47. The zero-order valence-electron chi connectivity index (χ0n) is 15.7. The van der Waals surface area contributed by atoms with Crippen molar-refractivity contribution in [2.24, 2.45) is 0 Å². The molecule has 1 N–H and O–H groups in total. The highest BCUT2D eigenvalue weighted by atomic mass is 19.1. The van der Waals surface area contributed by atoms with Gasteiger partial charge in [-0.05, 0) is 42.5 Å². The van der Waals surface area contributed by atoms with E-state index in [1.54, 1.807) is 17.0 Å². The molecule has 0 aromatic heterocycles. The van der Waals surface area contributed by atoms with Gasteiger partial charge >= 0.3 is 6.03 Å². The summed E-state index contributed by atoms with van der Waals surface area (Å²) in [6.07, 6.45) is 2.78. The summed E-state index contributed by atoms with van der Waals surface area (Å²) >= 11 is 0. The number of carbonyl (C=O) groups excluding carboxylic acids is 2. The van der Waals surface area contributed by atoms with Crippen LogP contribution >= 0.6 is 0 Å². The molecule has 1 heterocycles. The van der Waals surface area contributed by atoms with Crippen LogP contribution < -0.4 is 5.32 Å². The van der Waals surface area contributed by atoms with Crippen LogP contribution in [0.4, 0.5) is 9.18 Å². The number of halogens is 1. The molecule has 3 amide bonds. The molecule has 1 aliphatic carbocycles. The van der Waals surface area contributed by atoms with Crippen LogP contribution in [0.1, 0.15) is 30.4 Å². The molecule has 1 saturated heterocycles. The molecule has 2 aromatic carbocycles. The summed E-state index contributed by atoms with van der Waals surface area (Å²) in [5.41, 5.74) is 1.84. The minimum Gasteiger partial charge on any atom is -0.338 e. The average Bonchev–Trinajstić information content (AvgIpc) is 3.48. The number of likely N-dealkylation sites (tertiary alicyclic amines) is 1. The lowest BCUT2D eigenvalue weighted by Crippen LogP contribution is -2.47. The maximum Gasteiger partial charge on any atom is 0.318 e. The van der Waals surface area contributed by atoms with E-state index in [1.165, 1.54) is 12.1 Å². The summed E-state index contributed by atoms with van der Waals surface area (Å²) in [7, 11) is 0. The summed E-state index contributed by atoms with van der Waals surface area (Å²) in [5.74, 6) is -0.281. The van der Waals surface area contributed by atoms with Crippen LogP contribution in [0.2, 0.25) is 0 Å². The van der Waals surface area contributed by atoms with Crippen LogP contribution in [0.3, 0.4) is 0 Å². The van der Waals surface area contributed by atoms with Gasteiger partial charge in [-0.2, -0.15) is 0 Å². The second-order valence-corrected chi connectivity index (χ2v) is 7.52. The Balaban J connectivity index is 1.46. The van der Waals surface area contributed by atoms with E-state index in [4.69, 9.17) is 0 Å². The molecule has 1 unspecified atom stereocenters. The molecular weight excluding hydrogens is 357 g/mol. The van der Waals surface area contributed by atoms with Gasteiger partial charge in [-0.15, -0.1) is 0 Å². The van der Waals surface area contributed by atoms with Crippen LogP contribution in [0.5, 0.6) is 0 Å². The van der Waals surface area contributed by atoms with Crippen LogP contribution in [0.15, 0.2) is 54.6 Å². The number of rotatable bonds is 6. The van der Waals surface area contributed by atoms with Crippen molar-refractivity contribution in [3.8, 4) is 0 Å². The minimum atomic E-state index is -0.459. The van der Waals surface area contributed by atoms with Gasteiger partial charge in [0.2, 0.25) is 5.91 Å². The Hall–Kier alpha value is -2.89. The van der Waals surface area contributed by atoms with Gasteiger partial charge in [-0.1, -0.05) is 42.5 Å². The molecule has 2 aromatic rings. The second kappa shape index (κ2) is 8.00. The zero-order chi connectivity index (χ0) is 19.5. The van der Waals surface area contributed by atoms with Gasteiger partial charge in [0.1, 0.15) is 11.9 Å². The van der Waals surface area contributed by atoms with Gasteiger partial charge in [0.25, 0.3) is 0 Å². The number of hydrogen-bond acceptors (Lipinski definition) is 2. The van der Waals surface area contributed by atoms with E-state index in [2.05, 4.69) is 5.32 Å². The third-order valence-corrected chi connectivity index (χ3v) is 5.32. The molecule has 6 heteroatoms. The van der Waals surface area contributed by atoms with Crippen molar-refractivity contribution >= 4 is 11.9 Å². The molecule has 5 nitrogen and oxygen atoms in total. The Bertz CT molecular complexity index is 837. The van der Waals surface area contributed by atoms with Gasteiger partial charge in [0.05, 0.1) is 0 Å². The minimum absolute atomic E-state index is 0.0253. The Kier molecular flexibility index (Phi) is 5.28. The smallest absolute Gasteiger partial charge is 0.318 e. The quantitative estimate of drug-likeness (QED) is 0.835. The van der Waals surface area contributed by atoms with Crippen LogP contribution in [0, 0.1) is 5.82 Å². The first-order valence-electron chi connectivity index (χ1n) is 9.74. The lowest BCUT2D eigenvalue weighted by molar-refractivity contribution is -0.129. The first kappa shape index (κ1) is 18.5. The maximum atomic E-state index is 13.2. The Morgan fingerprint density at radius 3 is 2.29 bits per heavy atom. The number of urea groups is 1. The first-order chi connectivity index (χ1) is 13.6. The standard InChI is InChI=1S/C22H24FN3O2/c23-18-8-6-17(7-9-18)15-25(14-16-4-2-1-3-5-16)22(28)24-20-12-13-26(21(20)27)19-10-11-19/h1-9,19-20H,10-15H2,(H,24,28). The largest absolute Gasteiger partial charge is 0.338 e. The van der Waals surface area contributed by atoms with Crippen molar-refractivity contribution in [3.05, 3.63) is 71.5 Å². The molecule has 146 valence electrons. The van der Waals surface area contributed by atoms with Crippen LogP contribution in [-0.4, -0.2) is 40.4 Å². The SMILES string of the molecule is O=C(NC1CCN(C2CC2)C1=O)N(Cc1ccccc1)Cc1ccc(F)cc1. The Morgan fingerprint density at radius 1 is 1.00 bits per heavy atom. The fourth-order valence-corrected chi connectivity index (χ4v) is 3.64. The molecule has 28 heavy (non-hydrogen) atoms. The monoisotopic (exact) mass is 381 g/mol. The predicted molar refractivity (Wildman–Crippen MR) is 104 cm³/mol. The highest BCUT2D eigenvalue weighted by Gasteiger charge is 2.41. The molecule has 0 bridgehead atoms. The topological polar surface area (TPSA) is 52.7 Å². The Morgan fingerprint density at radius 2 is 1.64 bits per heavy atom. The van der Waals surface area contributed by atoms with Gasteiger partial charge in [-0.25, -0.2) is 9.18 Å².